The van der Waals surface area contributed by atoms with Gasteiger partial charge in [-0.3, -0.25) is 4.90 Å². The third-order valence-electron chi connectivity index (χ3n) is 6.42. The zero-order valence-electron chi connectivity index (χ0n) is 14.9. The van der Waals surface area contributed by atoms with Crippen LogP contribution in [0.4, 0.5) is 0 Å². The van der Waals surface area contributed by atoms with Gasteiger partial charge in [0, 0.05) is 35.2 Å². The van der Waals surface area contributed by atoms with Gasteiger partial charge in [0.25, 0.3) is 0 Å². The van der Waals surface area contributed by atoms with E-state index in [1.807, 2.05) is 0 Å². The number of hydrogen-bond donors (Lipinski definition) is 1. The molecular formula is C23H26N2. The molecule has 0 bridgehead atoms. The van der Waals surface area contributed by atoms with Gasteiger partial charge in [0.05, 0.1) is 0 Å². The minimum absolute atomic E-state index is 0.574. The van der Waals surface area contributed by atoms with Gasteiger partial charge in [-0.1, -0.05) is 55.5 Å². The van der Waals surface area contributed by atoms with Crippen LogP contribution in [0.5, 0.6) is 0 Å². The van der Waals surface area contributed by atoms with Gasteiger partial charge < -0.3 is 4.98 Å². The van der Waals surface area contributed by atoms with E-state index in [1.54, 1.807) is 5.56 Å². The van der Waals surface area contributed by atoms with Crippen LogP contribution < -0.4 is 0 Å². The third kappa shape index (κ3) is 2.43. The summed E-state index contributed by atoms with van der Waals surface area (Å²) in [6, 6.07) is 21.2. The Labute approximate surface area is 149 Å². The molecule has 1 aliphatic carbocycles. The second kappa shape index (κ2) is 6.03. The highest BCUT2D eigenvalue weighted by Crippen LogP contribution is 2.50. The summed E-state index contributed by atoms with van der Waals surface area (Å²) >= 11 is 0. The lowest BCUT2D eigenvalue weighted by Crippen LogP contribution is -2.33. The first-order valence-electron chi connectivity index (χ1n) is 9.74. The van der Waals surface area contributed by atoms with E-state index in [1.165, 1.54) is 47.8 Å². The molecule has 1 N–H and O–H groups in total. The number of rotatable bonds is 3. The van der Waals surface area contributed by atoms with Crippen molar-refractivity contribution in [2.75, 3.05) is 0 Å². The van der Waals surface area contributed by atoms with Crippen LogP contribution in [0.3, 0.4) is 0 Å². The van der Waals surface area contributed by atoms with Crippen LogP contribution in [-0.2, 0) is 13.0 Å². The fourth-order valence-electron chi connectivity index (χ4n) is 5.30. The summed E-state index contributed by atoms with van der Waals surface area (Å²) < 4.78 is 0. The maximum atomic E-state index is 3.72. The average molecular weight is 330 g/mol. The smallest absolute Gasteiger partial charge is 0.0459 e. The minimum Gasteiger partial charge on any atom is -0.358 e. The quantitative estimate of drug-likeness (QED) is 0.676. The summed E-state index contributed by atoms with van der Waals surface area (Å²) in [6.45, 7) is 3.43. The third-order valence-corrected chi connectivity index (χ3v) is 6.42. The lowest BCUT2D eigenvalue weighted by Gasteiger charge is -2.34. The Bertz CT molecular complexity index is 880. The van der Waals surface area contributed by atoms with Crippen molar-refractivity contribution >= 4 is 10.9 Å². The van der Waals surface area contributed by atoms with E-state index in [0.29, 0.717) is 12.1 Å². The van der Waals surface area contributed by atoms with Crippen LogP contribution in [0.1, 0.15) is 49.0 Å². The minimum atomic E-state index is 0.574. The fourth-order valence-corrected chi connectivity index (χ4v) is 5.30. The van der Waals surface area contributed by atoms with Crippen molar-refractivity contribution in [1.82, 2.24) is 9.88 Å². The van der Waals surface area contributed by atoms with Gasteiger partial charge >= 0.3 is 0 Å². The van der Waals surface area contributed by atoms with E-state index >= 15 is 0 Å². The maximum Gasteiger partial charge on any atom is 0.0459 e. The van der Waals surface area contributed by atoms with Crippen LogP contribution in [0.15, 0.2) is 54.6 Å². The number of likely N-dealkylation sites (tertiary alicyclic amines) is 1. The molecule has 128 valence electrons. The van der Waals surface area contributed by atoms with Crippen LogP contribution in [-0.4, -0.2) is 15.9 Å². The molecule has 1 aromatic heterocycles. The number of para-hydroxylation sites is 1. The van der Waals surface area contributed by atoms with Gasteiger partial charge in [0.15, 0.2) is 0 Å². The Morgan fingerprint density at radius 1 is 1.04 bits per heavy atom. The number of aromatic nitrogens is 1. The van der Waals surface area contributed by atoms with Gasteiger partial charge in [-0.25, -0.2) is 0 Å². The van der Waals surface area contributed by atoms with Gasteiger partial charge in [-0.15, -0.1) is 0 Å². The van der Waals surface area contributed by atoms with E-state index in [4.69, 9.17) is 0 Å². The summed E-state index contributed by atoms with van der Waals surface area (Å²) in [6.07, 6.45) is 5.14. The van der Waals surface area contributed by atoms with E-state index < -0.39 is 0 Å². The number of nitrogens with zero attached hydrogens (tertiary/aromatic N) is 1. The molecule has 1 aliphatic heterocycles. The number of hydrogen-bond acceptors (Lipinski definition) is 1. The highest BCUT2D eigenvalue weighted by Gasteiger charge is 2.44. The number of H-pyrrole nitrogens is 1. The number of nitrogens with one attached hydrogen (secondary N) is 1. The Hall–Kier alpha value is -2.06. The van der Waals surface area contributed by atoms with Crippen molar-refractivity contribution in [3.63, 3.8) is 0 Å². The molecule has 0 unspecified atom stereocenters. The lowest BCUT2D eigenvalue weighted by atomic mass is 9.82. The summed E-state index contributed by atoms with van der Waals surface area (Å²) in [5.74, 6) is 0.806. The van der Waals surface area contributed by atoms with E-state index in [2.05, 4.69) is 71.4 Å². The molecule has 5 rings (SSSR count). The molecule has 2 heterocycles. The highest BCUT2D eigenvalue weighted by atomic mass is 15.2. The van der Waals surface area contributed by atoms with Gasteiger partial charge in [-0.2, -0.15) is 0 Å². The predicted molar refractivity (Wildman–Crippen MR) is 104 cm³/mol. The molecule has 3 aromatic rings. The van der Waals surface area contributed by atoms with Crippen molar-refractivity contribution in [2.45, 2.75) is 51.2 Å². The molecule has 1 saturated heterocycles. The number of fused-ring (bicyclic) bond motifs is 5. The molecule has 0 radical (unpaired) electrons. The topological polar surface area (TPSA) is 19.0 Å². The summed E-state index contributed by atoms with van der Waals surface area (Å²) in [5.41, 5.74) is 5.83. The van der Waals surface area contributed by atoms with Crippen molar-refractivity contribution < 1.29 is 0 Å². The summed E-state index contributed by atoms with van der Waals surface area (Å²) in [5, 5.41) is 1.45. The lowest BCUT2D eigenvalue weighted by molar-refractivity contribution is 0.161. The van der Waals surface area contributed by atoms with Crippen LogP contribution >= 0.6 is 0 Å². The van der Waals surface area contributed by atoms with Crippen LogP contribution in [0.2, 0.25) is 0 Å². The standard InChI is InChI=1S/C23H26N2/c1-2-18-14-17-12-13-21-22(19-10-6-7-11-20(19)24-21)23(17)25(18)15-16-8-4-3-5-9-16/h3-11,17-18,23-24H,2,12-15H2,1H3/t17-,18-,23+/m1/s1. The van der Waals surface area contributed by atoms with Crippen molar-refractivity contribution in [2.24, 2.45) is 5.92 Å². The zero-order chi connectivity index (χ0) is 16.8. The molecular weight excluding hydrogens is 304 g/mol. The van der Waals surface area contributed by atoms with Crippen molar-refractivity contribution in [3.8, 4) is 0 Å². The van der Waals surface area contributed by atoms with Crippen molar-refractivity contribution in [1.29, 1.82) is 0 Å². The maximum absolute atomic E-state index is 3.72. The molecule has 2 aromatic carbocycles. The monoisotopic (exact) mass is 330 g/mol. The van der Waals surface area contributed by atoms with E-state index in [0.717, 1.165) is 12.5 Å². The zero-order valence-corrected chi connectivity index (χ0v) is 14.9. The molecule has 0 spiro atoms. The predicted octanol–water partition coefficient (Wildman–Crippen LogP) is 5.46. The fraction of sp³-hybridized carbons (Fsp3) is 0.391. The molecule has 0 saturated carbocycles. The van der Waals surface area contributed by atoms with Gasteiger partial charge in [-0.05, 0) is 48.8 Å². The Morgan fingerprint density at radius 3 is 2.68 bits per heavy atom. The molecule has 0 amide bonds. The Kier molecular flexibility index (Phi) is 3.67. The molecule has 2 heteroatoms. The van der Waals surface area contributed by atoms with Crippen LogP contribution in [0.25, 0.3) is 10.9 Å². The SMILES string of the molecule is CC[C@@H]1C[C@H]2CCc3[nH]c4ccccc4c3[C@H]2N1Cc1ccccc1. The van der Waals surface area contributed by atoms with E-state index in [-0.39, 0.29) is 0 Å². The Morgan fingerprint density at radius 2 is 1.84 bits per heavy atom. The second-order valence-corrected chi connectivity index (χ2v) is 7.76. The van der Waals surface area contributed by atoms with Crippen LogP contribution in [0, 0.1) is 5.92 Å². The first-order chi connectivity index (χ1) is 12.3. The first-order valence-corrected chi connectivity index (χ1v) is 9.74. The molecule has 3 atom stereocenters. The first kappa shape index (κ1) is 15.2. The van der Waals surface area contributed by atoms with Gasteiger partial charge in [0.1, 0.15) is 0 Å². The number of aromatic amines is 1. The highest BCUT2D eigenvalue weighted by molar-refractivity contribution is 5.85. The normalized spacial score (nSPS) is 25.9. The number of benzene rings is 2. The summed E-state index contributed by atoms with van der Waals surface area (Å²) in [7, 11) is 0. The molecule has 25 heavy (non-hydrogen) atoms. The number of aryl methyl sites for hydroxylation is 1. The molecule has 2 nitrogen and oxygen atoms in total. The summed E-state index contributed by atoms with van der Waals surface area (Å²) in [4.78, 5) is 6.52. The largest absolute Gasteiger partial charge is 0.358 e. The average Bonchev–Trinajstić information content (AvgIpc) is 3.20. The molecule has 1 fully saturated rings. The van der Waals surface area contributed by atoms with E-state index in [9.17, 15) is 0 Å². The second-order valence-electron chi connectivity index (χ2n) is 7.76. The Balaban J connectivity index is 1.60. The molecule has 2 aliphatic rings. The van der Waals surface area contributed by atoms with Gasteiger partial charge in [0.2, 0.25) is 0 Å². The van der Waals surface area contributed by atoms with Crippen molar-refractivity contribution in [3.05, 3.63) is 71.4 Å².